The molecule has 1 aromatic heterocycles. The number of aromatic nitrogens is 1. The van der Waals surface area contributed by atoms with Crippen molar-refractivity contribution in [3.8, 4) is 0 Å². The number of hydrogen-bond acceptors (Lipinski definition) is 3. The molecule has 0 aliphatic heterocycles. The van der Waals surface area contributed by atoms with E-state index in [2.05, 4.69) is 0 Å². The molecule has 6 rings (SSSR count). The number of rotatable bonds is 7. The van der Waals surface area contributed by atoms with Crippen LogP contribution in [0, 0.1) is 0 Å². The number of thiazole rings is 1. The van der Waals surface area contributed by atoms with E-state index in [1.54, 1.807) is 4.57 Å². The molecule has 2 N–H and O–H groups in total. The number of benzene rings is 5. The van der Waals surface area contributed by atoms with Gasteiger partial charge in [0.15, 0.2) is 5.41 Å². The van der Waals surface area contributed by atoms with E-state index in [1.165, 1.54) is 11.3 Å². The molecule has 0 bridgehead atoms. The molecule has 6 aromatic rings. The van der Waals surface area contributed by atoms with E-state index in [9.17, 15) is 9.59 Å². The number of para-hydroxylation sites is 1. The van der Waals surface area contributed by atoms with Crippen molar-refractivity contribution in [2.75, 3.05) is 0 Å². The summed E-state index contributed by atoms with van der Waals surface area (Å²) < 4.78 is 2.62. The third-order valence-corrected chi connectivity index (χ3v) is 8.60. The first-order valence-electron chi connectivity index (χ1n) is 13.1. The van der Waals surface area contributed by atoms with Crippen LogP contribution < -0.4 is 10.3 Å². The fourth-order valence-electron chi connectivity index (χ4n) is 5.53. The van der Waals surface area contributed by atoms with Crippen LogP contribution in [-0.4, -0.2) is 11.8 Å². The first-order chi connectivity index (χ1) is 19.6. The average molecular weight is 540 g/mol. The molecule has 0 atom stereocenters. The summed E-state index contributed by atoms with van der Waals surface area (Å²) in [5.74, 6) is -1.29. The van der Waals surface area contributed by atoms with E-state index in [0.29, 0.717) is 16.1 Å². The van der Waals surface area contributed by atoms with Gasteiger partial charge in [0.2, 0.25) is 11.4 Å². The standard InChI is InChI=1S/C35H26N2O2S/c36-33(39)35(27-19-9-3-10-20-27,28-21-11-4-12-22-28)34-37(29-23-13-14-24-30(29)40-34)32(38)31(25-15-5-1-6-16-25)26-17-7-2-8-18-26/h1-24,31H,(H-,36,39)/p+1. The zero-order valence-corrected chi connectivity index (χ0v) is 22.5. The third kappa shape index (κ3) is 4.21. The smallest absolute Gasteiger partial charge is 0.368 e. The minimum Gasteiger partial charge on any atom is -0.368 e. The molecule has 1 amide bonds. The lowest BCUT2D eigenvalue weighted by Gasteiger charge is -2.28. The maximum Gasteiger partial charge on any atom is 0.405 e. The van der Waals surface area contributed by atoms with Crippen LogP contribution in [0.15, 0.2) is 146 Å². The molecular weight excluding hydrogens is 512 g/mol. The van der Waals surface area contributed by atoms with Gasteiger partial charge in [-0.25, -0.2) is 4.79 Å². The third-order valence-electron chi connectivity index (χ3n) is 7.35. The summed E-state index contributed by atoms with van der Waals surface area (Å²) in [5, 5.41) is 0.556. The SMILES string of the molecule is NC(=O)C(c1ccccc1)(c1ccccc1)c1sc2ccccc2[n+]1C(=O)C(c1ccccc1)c1ccccc1. The van der Waals surface area contributed by atoms with Gasteiger partial charge in [0.1, 0.15) is 10.6 Å². The Balaban J connectivity index is 1.71. The van der Waals surface area contributed by atoms with Crippen molar-refractivity contribution in [2.24, 2.45) is 5.73 Å². The zero-order chi connectivity index (χ0) is 27.5. The number of hydrogen-bond donors (Lipinski definition) is 1. The average Bonchev–Trinajstić information content (AvgIpc) is 3.39. The van der Waals surface area contributed by atoms with E-state index in [-0.39, 0.29) is 5.91 Å². The number of carbonyl (C=O) groups is 2. The number of nitrogens with zero attached hydrogens (tertiary/aromatic N) is 1. The quantitative estimate of drug-likeness (QED) is 0.236. The minimum absolute atomic E-state index is 0.151. The first-order valence-corrected chi connectivity index (χ1v) is 13.9. The molecule has 0 saturated heterocycles. The van der Waals surface area contributed by atoms with Gasteiger partial charge in [0.05, 0.1) is 0 Å². The van der Waals surface area contributed by atoms with Gasteiger partial charge in [-0.2, -0.15) is 0 Å². The van der Waals surface area contributed by atoms with Crippen molar-refractivity contribution in [1.29, 1.82) is 0 Å². The molecule has 0 fully saturated rings. The molecular formula is C35H27N2O2S+. The highest BCUT2D eigenvalue weighted by molar-refractivity contribution is 7.18. The lowest BCUT2D eigenvalue weighted by atomic mass is 9.74. The predicted octanol–water partition coefficient (Wildman–Crippen LogP) is 6.48. The Kier molecular flexibility index (Phi) is 6.81. The molecule has 0 spiro atoms. The normalized spacial score (nSPS) is 11.5. The maximum atomic E-state index is 15.0. The van der Waals surface area contributed by atoms with Crippen LogP contribution >= 0.6 is 11.3 Å². The Hall–Kier alpha value is -4.87. The van der Waals surface area contributed by atoms with Crippen LogP contribution in [0.25, 0.3) is 10.2 Å². The zero-order valence-electron chi connectivity index (χ0n) is 21.7. The fourth-order valence-corrected chi connectivity index (χ4v) is 6.92. The van der Waals surface area contributed by atoms with Gasteiger partial charge in [-0.05, 0) is 28.3 Å². The second-order valence-corrected chi connectivity index (χ2v) is 10.7. The Morgan fingerprint density at radius 1 is 0.600 bits per heavy atom. The number of primary amides is 1. The van der Waals surface area contributed by atoms with Crippen molar-refractivity contribution in [3.05, 3.63) is 173 Å². The number of nitrogens with two attached hydrogens (primary N) is 1. The molecule has 5 aromatic carbocycles. The van der Waals surface area contributed by atoms with Gasteiger partial charge >= 0.3 is 5.91 Å². The van der Waals surface area contributed by atoms with Crippen molar-refractivity contribution < 1.29 is 14.2 Å². The van der Waals surface area contributed by atoms with Gasteiger partial charge in [-0.1, -0.05) is 145 Å². The molecule has 194 valence electrons. The van der Waals surface area contributed by atoms with Crippen molar-refractivity contribution >= 4 is 33.4 Å². The highest BCUT2D eigenvalue weighted by Gasteiger charge is 2.53. The summed E-state index contributed by atoms with van der Waals surface area (Å²) in [6.07, 6.45) is 0. The molecule has 5 heteroatoms. The predicted molar refractivity (Wildman–Crippen MR) is 159 cm³/mol. The van der Waals surface area contributed by atoms with Crippen LogP contribution in [0.3, 0.4) is 0 Å². The Bertz CT molecular complexity index is 1700. The first kappa shape index (κ1) is 25.4. The lowest BCUT2D eigenvalue weighted by molar-refractivity contribution is -0.552. The van der Waals surface area contributed by atoms with Crippen LogP contribution in [0.1, 0.15) is 38.0 Å². The van der Waals surface area contributed by atoms with Crippen molar-refractivity contribution in [2.45, 2.75) is 11.3 Å². The molecule has 1 heterocycles. The van der Waals surface area contributed by atoms with E-state index in [1.807, 2.05) is 146 Å². The monoisotopic (exact) mass is 539 g/mol. The molecule has 4 nitrogen and oxygen atoms in total. The van der Waals surface area contributed by atoms with E-state index in [4.69, 9.17) is 5.73 Å². The van der Waals surface area contributed by atoms with Crippen LogP contribution in [0.5, 0.6) is 0 Å². The summed E-state index contributed by atoms with van der Waals surface area (Å²) in [7, 11) is 0. The Morgan fingerprint density at radius 2 is 1.02 bits per heavy atom. The number of carbonyl (C=O) groups excluding carboxylic acids is 2. The summed E-state index contributed by atoms with van der Waals surface area (Å²) in [6, 6.07) is 46.3. The molecule has 0 aliphatic rings. The molecule has 0 saturated carbocycles. The lowest BCUT2D eigenvalue weighted by Crippen LogP contribution is -2.56. The van der Waals surface area contributed by atoms with Gasteiger partial charge in [0, 0.05) is 6.07 Å². The van der Waals surface area contributed by atoms with Gasteiger partial charge in [-0.15, -0.1) is 4.57 Å². The minimum atomic E-state index is -1.40. The van der Waals surface area contributed by atoms with Gasteiger partial charge in [-0.3, -0.25) is 4.79 Å². The summed E-state index contributed by atoms with van der Waals surface area (Å²) >= 11 is 1.43. The number of fused-ring (bicyclic) bond motifs is 1. The largest absolute Gasteiger partial charge is 0.405 e. The summed E-state index contributed by atoms with van der Waals surface area (Å²) in [4.78, 5) is 28.9. The number of amides is 1. The topological polar surface area (TPSA) is 64.0 Å². The molecule has 40 heavy (non-hydrogen) atoms. The molecule has 0 unspecified atom stereocenters. The van der Waals surface area contributed by atoms with Gasteiger partial charge in [0.25, 0.3) is 5.01 Å². The van der Waals surface area contributed by atoms with E-state index < -0.39 is 17.2 Å². The van der Waals surface area contributed by atoms with Gasteiger partial charge < -0.3 is 5.73 Å². The molecule has 0 aliphatic carbocycles. The van der Waals surface area contributed by atoms with Crippen LogP contribution in [0.4, 0.5) is 0 Å². The van der Waals surface area contributed by atoms with E-state index >= 15 is 0 Å². The van der Waals surface area contributed by atoms with Crippen LogP contribution in [-0.2, 0) is 10.2 Å². The highest BCUT2D eigenvalue weighted by Crippen LogP contribution is 2.42. The fraction of sp³-hybridized carbons (Fsp3) is 0.0571. The second kappa shape index (κ2) is 10.7. The Labute approximate surface area is 237 Å². The summed E-state index contributed by atoms with van der Waals surface area (Å²) in [5.41, 5.74) is 8.89. The maximum absolute atomic E-state index is 15.0. The van der Waals surface area contributed by atoms with Crippen molar-refractivity contribution in [3.63, 3.8) is 0 Å². The van der Waals surface area contributed by atoms with Crippen molar-refractivity contribution in [1.82, 2.24) is 0 Å². The highest BCUT2D eigenvalue weighted by atomic mass is 32.1. The molecule has 0 radical (unpaired) electrons. The summed E-state index contributed by atoms with van der Waals surface area (Å²) in [6.45, 7) is 0. The second-order valence-electron chi connectivity index (χ2n) is 9.65. The van der Waals surface area contributed by atoms with Crippen LogP contribution in [0.2, 0.25) is 0 Å². The Morgan fingerprint density at radius 3 is 1.50 bits per heavy atom. The van der Waals surface area contributed by atoms with E-state index in [0.717, 1.165) is 21.3 Å².